The number of aromatic hydroxyl groups is 1. The standard InChI is InChI=1S/C13H19NO3/c1-8(7-11(14)13(16)17)9(2)10-5-3-4-6-12(10)15/h3-6,8-9,11,15H,7,14H2,1-2H3,(H,16,17). The minimum absolute atomic E-state index is 0.0709. The van der Waals surface area contributed by atoms with Crippen LogP contribution < -0.4 is 5.73 Å². The third-order valence-corrected chi connectivity index (χ3v) is 3.22. The van der Waals surface area contributed by atoms with Crippen molar-refractivity contribution < 1.29 is 15.0 Å². The number of nitrogens with two attached hydrogens (primary N) is 1. The molecule has 1 rings (SSSR count). The highest BCUT2D eigenvalue weighted by molar-refractivity contribution is 5.73. The van der Waals surface area contributed by atoms with Crippen LogP contribution in [0.2, 0.25) is 0 Å². The SMILES string of the molecule is CC(CC(N)C(=O)O)C(C)c1ccccc1O. The van der Waals surface area contributed by atoms with Crippen LogP contribution in [-0.4, -0.2) is 22.2 Å². The third kappa shape index (κ3) is 3.46. The van der Waals surface area contributed by atoms with Crippen molar-refractivity contribution in [3.05, 3.63) is 29.8 Å². The Morgan fingerprint density at radius 1 is 1.35 bits per heavy atom. The number of para-hydroxylation sites is 1. The zero-order valence-corrected chi connectivity index (χ0v) is 10.1. The van der Waals surface area contributed by atoms with Gasteiger partial charge in [0.2, 0.25) is 0 Å². The molecule has 4 heteroatoms. The Morgan fingerprint density at radius 2 is 1.94 bits per heavy atom. The van der Waals surface area contributed by atoms with Crippen LogP contribution in [-0.2, 0) is 4.79 Å². The summed E-state index contributed by atoms with van der Waals surface area (Å²) in [5.74, 6) is -0.576. The largest absolute Gasteiger partial charge is 0.508 e. The van der Waals surface area contributed by atoms with E-state index in [2.05, 4.69) is 0 Å². The summed E-state index contributed by atoms with van der Waals surface area (Å²) in [4.78, 5) is 10.7. The molecule has 0 bridgehead atoms. The topological polar surface area (TPSA) is 83.6 Å². The van der Waals surface area contributed by atoms with Gasteiger partial charge >= 0.3 is 5.97 Å². The van der Waals surface area contributed by atoms with Crippen LogP contribution in [0.5, 0.6) is 5.75 Å². The van der Waals surface area contributed by atoms with E-state index in [0.717, 1.165) is 5.56 Å². The summed E-state index contributed by atoms with van der Waals surface area (Å²) in [5, 5.41) is 18.5. The lowest BCUT2D eigenvalue weighted by molar-refractivity contribution is -0.138. The lowest BCUT2D eigenvalue weighted by Crippen LogP contribution is -2.32. The lowest BCUT2D eigenvalue weighted by Gasteiger charge is -2.22. The molecule has 1 aromatic rings. The van der Waals surface area contributed by atoms with E-state index in [9.17, 15) is 9.90 Å². The second-order valence-corrected chi connectivity index (χ2v) is 4.51. The number of hydrogen-bond donors (Lipinski definition) is 3. The first-order chi connectivity index (χ1) is 7.93. The number of carboxylic acids is 1. The molecule has 0 saturated carbocycles. The molecule has 0 aliphatic carbocycles. The van der Waals surface area contributed by atoms with Gasteiger partial charge in [0.1, 0.15) is 11.8 Å². The molecule has 3 unspecified atom stereocenters. The molecule has 0 aliphatic heterocycles. The average molecular weight is 237 g/mol. The number of hydrogen-bond acceptors (Lipinski definition) is 3. The minimum atomic E-state index is -0.985. The molecule has 1 aromatic carbocycles. The molecule has 94 valence electrons. The lowest BCUT2D eigenvalue weighted by atomic mass is 9.84. The van der Waals surface area contributed by atoms with E-state index in [4.69, 9.17) is 10.8 Å². The Morgan fingerprint density at radius 3 is 2.47 bits per heavy atom. The summed E-state index contributed by atoms with van der Waals surface area (Å²) >= 11 is 0. The highest BCUT2D eigenvalue weighted by Gasteiger charge is 2.22. The van der Waals surface area contributed by atoms with Crippen molar-refractivity contribution in [1.29, 1.82) is 0 Å². The van der Waals surface area contributed by atoms with E-state index in [1.54, 1.807) is 12.1 Å². The van der Waals surface area contributed by atoms with Crippen molar-refractivity contribution in [2.24, 2.45) is 11.7 Å². The second kappa shape index (κ2) is 5.68. The summed E-state index contributed by atoms with van der Waals surface area (Å²) < 4.78 is 0. The van der Waals surface area contributed by atoms with Gasteiger partial charge in [0, 0.05) is 0 Å². The molecule has 0 fully saturated rings. The maximum atomic E-state index is 10.7. The van der Waals surface area contributed by atoms with Gasteiger partial charge in [-0.2, -0.15) is 0 Å². The molecule has 0 spiro atoms. The van der Waals surface area contributed by atoms with Gasteiger partial charge in [-0.1, -0.05) is 32.0 Å². The summed E-state index contributed by atoms with van der Waals surface area (Å²) in [6.45, 7) is 3.91. The van der Waals surface area contributed by atoms with Crippen LogP contribution in [0.25, 0.3) is 0 Å². The first-order valence-corrected chi connectivity index (χ1v) is 5.69. The van der Waals surface area contributed by atoms with E-state index in [1.165, 1.54) is 0 Å². The predicted molar refractivity (Wildman–Crippen MR) is 65.9 cm³/mol. The van der Waals surface area contributed by atoms with E-state index in [0.29, 0.717) is 6.42 Å². The van der Waals surface area contributed by atoms with Gasteiger partial charge in [0.15, 0.2) is 0 Å². The Hall–Kier alpha value is -1.55. The number of rotatable bonds is 5. The third-order valence-electron chi connectivity index (χ3n) is 3.22. The molecule has 0 aliphatic rings. The van der Waals surface area contributed by atoms with Crippen molar-refractivity contribution in [3.63, 3.8) is 0 Å². The fourth-order valence-corrected chi connectivity index (χ4v) is 1.88. The minimum Gasteiger partial charge on any atom is -0.508 e. The molecular weight excluding hydrogens is 218 g/mol. The molecule has 4 N–H and O–H groups in total. The van der Waals surface area contributed by atoms with Crippen molar-refractivity contribution >= 4 is 5.97 Å². The van der Waals surface area contributed by atoms with E-state index in [-0.39, 0.29) is 17.6 Å². The summed E-state index contributed by atoms with van der Waals surface area (Å²) in [6, 6.07) is 6.26. The first kappa shape index (κ1) is 13.5. The zero-order valence-electron chi connectivity index (χ0n) is 10.1. The Kier molecular flexibility index (Phi) is 4.52. The highest BCUT2D eigenvalue weighted by Crippen LogP contribution is 2.32. The Balaban J connectivity index is 2.73. The smallest absolute Gasteiger partial charge is 0.320 e. The average Bonchev–Trinajstić information content (AvgIpc) is 2.28. The molecule has 0 amide bonds. The zero-order chi connectivity index (χ0) is 13.0. The summed E-state index contributed by atoms with van der Waals surface area (Å²) in [7, 11) is 0. The van der Waals surface area contributed by atoms with Crippen LogP contribution in [0.15, 0.2) is 24.3 Å². The Labute approximate surface area is 101 Å². The van der Waals surface area contributed by atoms with Gasteiger partial charge in [-0.25, -0.2) is 0 Å². The van der Waals surface area contributed by atoms with Gasteiger partial charge in [0.05, 0.1) is 0 Å². The summed E-state index contributed by atoms with van der Waals surface area (Å²) in [6.07, 6.45) is 0.394. The fourth-order valence-electron chi connectivity index (χ4n) is 1.88. The van der Waals surface area contributed by atoms with Gasteiger partial charge in [-0.05, 0) is 29.9 Å². The second-order valence-electron chi connectivity index (χ2n) is 4.51. The molecule has 17 heavy (non-hydrogen) atoms. The monoisotopic (exact) mass is 237 g/mol. The number of phenols is 1. The van der Waals surface area contributed by atoms with E-state index < -0.39 is 12.0 Å². The van der Waals surface area contributed by atoms with Crippen LogP contribution in [0.3, 0.4) is 0 Å². The number of carbonyl (C=O) groups is 1. The Bertz CT molecular complexity index is 392. The fraction of sp³-hybridized carbons (Fsp3) is 0.462. The number of aliphatic carboxylic acids is 1. The quantitative estimate of drug-likeness (QED) is 0.730. The van der Waals surface area contributed by atoms with Crippen molar-refractivity contribution in [1.82, 2.24) is 0 Å². The molecule has 4 nitrogen and oxygen atoms in total. The molecule has 3 atom stereocenters. The van der Waals surface area contributed by atoms with Gasteiger partial charge in [-0.15, -0.1) is 0 Å². The number of benzene rings is 1. The normalized spacial score (nSPS) is 16.2. The van der Waals surface area contributed by atoms with Crippen LogP contribution in [0, 0.1) is 5.92 Å². The molecule has 0 saturated heterocycles. The van der Waals surface area contributed by atoms with Crippen LogP contribution >= 0.6 is 0 Å². The van der Waals surface area contributed by atoms with Crippen LogP contribution in [0.1, 0.15) is 31.7 Å². The molecule has 0 radical (unpaired) electrons. The van der Waals surface area contributed by atoms with Crippen molar-refractivity contribution in [3.8, 4) is 5.75 Å². The first-order valence-electron chi connectivity index (χ1n) is 5.69. The van der Waals surface area contributed by atoms with Gasteiger partial charge < -0.3 is 15.9 Å². The number of carboxylic acid groups (broad SMARTS) is 1. The van der Waals surface area contributed by atoms with Crippen molar-refractivity contribution in [2.45, 2.75) is 32.2 Å². The van der Waals surface area contributed by atoms with Crippen molar-refractivity contribution in [2.75, 3.05) is 0 Å². The maximum Gasteiger partial charge on any atom is 0.320 e. The van der Waals surface area contributed by atoms with E-state index >= 15 is 0 Å². The van der Waals surface area contributed by atoms with Gasteiger partial charge in [-0.3, -0.25) is 4.79 Å². The molecule has 0 aromatic heterocycles. The number of phenolic OH excluding ortho intramolecular Hbond substituents is 1. The predicted octanol–water partition coefficient (Wildman–Crippen LogP) is 1.93. The maximum absolute atomic E-state index is 10.7. The molecular formula is C13H19NO3. The van der Waals surface area contributed by atoms with Crippen LogP contribution in [0.4, 0.5) is 0 Å². The molecule has 0 heterocycles. The summed E-state index contributed by atoms with van der Waals surface area (Å²) in [5.41, 5.74) is 6.34. The van der Waals surface area contributed by atoms with Gasteiger partial charge in [0.25, 0.3) is 0 Å². The van der Waals surface area contributed by atoms with E-state index in [1.807, 2.05) is 26.0 Å². The highest BCUT2D eigenvalue weighted by atomic mass is 16.4.